The molecule has 0 atom stereocenters. The Bertz CT molecular complexity index is 534. The van der Waals surface area contributed by atoms with Crippen molar-refractivity contribution in [1.82, 2.24) is 0 Å². The third-order valence-electron chi connectivity index (χ3n) is 4.28. The topological polar surface area (TPSA) is 92.4 Å². The highest BCUT2D eigenvalue weighted by Crippen LogP contribution is 2.29. The van der Waals surface area contributed by atoms with Crippen LogP contribution >= 0.6 is 0 Å². The van der Waals surface area contributed by atoms with Crippen molar-refractivity contribution < 1.29 is 14.7 Å². The number of hydrogen-bond acceptors (Lipinski definition) is 3. The fourth-order valence-electron chi connectivity index (χ4n) is 2.83. The summed E-state index contributed by atoms with van der Waals surface area (Å²) in [7, 11) is 0. The molecule has 114 valence electrons. The molecule has 0 spiro atoms. The minimum absolute atomic E-state index is 0.0247. The summed E-state index contributed by atoms with van der Waals surface area (Å²) in [4.78, 5) is 23.2. The average Bonchev–Trinajstić information content (AvgIpc) is 2.49. The standard InChI is InChI=1S/C16H22N2O3/c1-10-8-13(16(20)21)6-7-14(10)18-15(19)12-4-2-11(9-17)3-5-12/h6-8,11-12H,2-5,9,17H2,1H3,(H,18,19)(H,20,21). The Balaban J connectivity index is 1.98. The van der Waals surface area contributed by atoms with Crippen LogP contribution in [-0.2, 0) is 4.79 Å². The largest absolute Gasteiger partial charge is 0.478 e. The minimum Gasteiger partial charge on any atom is -0.478 e. The first-order chi connectivity index (χ1) is 10.0. The number of carbonyl (C=O) groups excluding carboxylic acids is 1. The molecule has 4 N–H and O–H groups in total. The molecule has 0 bridgehead atoms. The molecule has 21 heavy (non-hydrogen) atoms. The zero-order valence-electron chi connectivity index (χ0n) is 12.3. The van der Waals surface area contributed by atoms with Gasteiger partial charge in [-0.15, -0.1) is 0 Å². The van der Waals surface area contributed by atoms with Gasteiger partial charge in [0.2, 0.25) is 5.91 Å². The molecule has 5 nitrogen and oxygen atoms in total. The molecule has 0 aliphatic heterocycles. The zero-order valence-corrected chi connectivity index (χ0v) is 12.3. The van der Waals surface area contributed by atoms with Crippen LogP contribution in [-0.4, -0.2) is 23.5 Å². The fraction of sp³-hybridized carbons (Fsp3) is 0.500. The second kappa shape index (κ2) is 6.72. The predicted octanol–water partition coefficient (Wildman–Crippen LogP) is 2.40. The van der Waals surface area contributed by atoms with Crippen molar-refractivity contribution in [2.24, 2.45) is 17.6 Å². The Hall–Kier alpha value is -1.88. The number of benzene rings is 1. The Labute approximate surface area is 124 Å². The highest BCUT2D eigenvalue weighted by atomic mass is 16.4. The van der Waals surface area contributed by atoms with Gasteiger partial charge in [-0.1, -0.05) is 0 Å². The normalized spacial score (nSPS) is 21.8. The zero-order chi connectivity index (χ0) is 15.4. The summed E-state index contributed by atoms with van der Waals surface area (Å²) in [6.07, 6.45) is 3.76. The number of carboxylic acids is 1. The Morgan fingerprint density at radius 3 is 2.48 bits per heavy atom. The Kier molecular flexibility index (Phi) is 4.96. The van der Waals surface area contributed by atoms with Gasteiger partial charge in [-0.3, -0.25) is 4.79 Å². The van der Waals surface area contributed by atoms with E-state index in [4.69, 9.17) is 10.8 Å². The SMILES string of the molecule is Cc1cc(C(=O)O)ccc1NC(=O)C1CCC(CN)CC1. The van der Waals surface area contributed by atoms with Gasteiger partial charge < -0.3 is 16.2 Å². The molecular weight excluding hydrogens is 268 g/mol. The highest BCUT2D eigenvalue weighted by Gasteiger charge is 2.25. The summed E-state index contributed by atoms with van der Waals surface area (Å²) < 4.78 is 0. The highest BCUT2D eigenvalue weighted by molar-refractivity contribution is 5.94. The maximum atomic E-state index is 12.3. The first-order valence-electron chi connectivity index (χ1n) is 7.36. The van der Waals surface area contributed by atoms with E-state index in [0.29, 0.717) is 18.2 Å². The van der Waals surface area contributed by atoms with Gasteiger partial charge in [-0.2, -0.15) is 0 Å². The van der Waals surface area contributed by atoms with Crippen LogP contribution in [0.2, 0.25) is 0 Å². The number of hydrogen-bond donors (Lipinski definition) is 3. The van der Waals surface area contributed by atoms with Crippen molar-refractivity contribution in [3.63, 3.8) is 0 Å². The molecule has 1 aromatic carbocycles. The van der Waals surface area contributed by atoms with Crippen LogP contribution in [0.25, 0.3) is 0 Å². The van der Waals surface area contributed by atoms with E-state index in [9.17, 15) is 9.59 Å². The third-order valence-corrected chi connectivity index (χ3v) is 4.28. The molecule has 1 aromatic rings. The Morgan fingerprint density at radius 2 is 1.95 bits per heavy atom. The van der Waals surface area contributed by atoms with Gasteiger partial charge in [-0.05, 0) is 68.8 Å². The van der Waals surface area contributed by atoms with Crippen molar-refractivity contribution >= 4 is 17.6 Å². The maximum Gasteiger partial charge on any atom is 0.335 e. The average molecular weight is 290 g/mol. The number of aryl methyl sites for hydroxylation is 1. The number of carbonyl (C=O) groups is 2. The second-order valence-electron chi connectivity index (χ2n) is 5.78. The molecule has 1 fully saturated rings. The molecule has 0 heterocycles. The van der Waals surface area contributed by atoms with Crippen molar-refractivity contribution in [3.8, 4) is 0 Å². The lowest BCUT2D eigenvalue weighted by atomic mass is 9.81. The third kappa shape index (κ3) is 3.82. The maximum absolute atomic E-state index is 12.3. The van der Waals surface area contributed by atoms with E-state index in [2.05, 4.69) is 5.32 Å². The lowest BCUT2D eigenvalue weighted by Crippen LogP contribution is -2.29. The molecule has 0 radical (unpaired) electrons. The van der Waals surface area contributed by atoms with E-state index in [1.54, 1.807) is 19.1 Å². The number of aromatic carboxylic acids is 1. The quantitative estimate of drug-likeness (QED) is 0.794. The van der Waals surface area contributed by atoms with Crippen LogP contribution in [0.15, 0.2) is 18.2 Å². The molecule has 1 aliphatic rings. The van der Waals surface area contributed by atoms with Gasteiger partial charge in [0.1, 0.15) is 0 Å². The lowest BCUT2D eigenvalue weighted by Gasteiger charge is -2.27. The van der Waals surface area contributed by atoms with E-state index in [1.807, 2.05) is 0 Å². The van der Waals surface area contributed by atoms with Crippen molar-refractivity contribution in [3.05, 3.63) is 29.3 Å². The molecule has 0 aromatic heterocycles. The smallest absolute Gasteiger partial charge is 0.335 e. The van der Waals surface area contributed by atoms with E-state index in [0.717, 1.165) is 31.2 Å². The summed E-state index contributed by atoms with van der Waals surface area (Å²) in [6, 6.07) is 4.74. The summed E-state index contributed by atoms with van der Waals surface area (Å²) in [5.74, 6) is -0.357. The van der Waals surface area contributed by atoms with Gasteiger partial charge in [-0.25, -0.2) is 4.79 Å². The summed E-state index contributed by atoms with van der Waals surface area (Å²) in [5, 5.41) is 11.9. The molecule has 2 rings (SSSR count). The molecule has 1 aliphatic carbocycles. The van der Waals surface area contributed by atoms with Crippen LogP contribution in [0, 0.1) is 18.8 Å². The van der Waals surface area contributed by atoms with Crippen LogP contribution in [0.1, 0.15) is 41.6 Å². The van der Waals surface area contributed by atoms with E-state index in [1.165, 1.54) is 6.07 Å². The van der Waals surface area contributed by atoms with E-state index in [-0.39, 0.29) is 17.4 Å². The van der Waals surface area contributed by atoms with Gasteiger partial charge in [0, 0.05) is 11.6 Å². The van der Waals surface area contributed by atoms with Crippen LogP contribution in [0.5, 0.6) is 0 Å². The van der Waals surface area contributed by atoms with Gasteiger partial charge >= 0.3 is 5.97 Å². The fourth-order valence-corrected chi connectivity index (χ4v) is 2.83. The van der Waals surface area contributed by atoms with Gasteiger partial charge in [0.05, 0.1) is 5.56 Å². The molecule has 1 amide bonds. The summed E-state index contributed by atoms with van der Waals surface area (Å²) in [6.45, 7) is 2.50. The van der Waals surface area contributed by atoms with Crippen LogP contribution in [0.4, 0.5) is 5.69 Å². The predicted molar refractivity (Wildman–Crippen MR) is 81.3 cm³/mol. The first kappa shape index (κ1) is 15.5. The second-order valence-corrected chi connectivity index (χ2v) is 5.78. The van der Waals surface area contributed by atoms with Crippen LogP contribution < -0.4 is 11.1 Å². The Morgan fingerprint density at radius 1 is 1.29 bits per heavy atom. The molecule has 5 heteroatoms. The monoisotopic (exact) mass is 290 g/mol. The lowest BCUT2D eigenvalue weighted by molar-refractivity contribution is -0.121. The minimum atomic E-state index is -0.962. The number of nitrogens with two attached hydrogens (primary N) is 1. The number of carboxylic acid groups (broad SMARTS) is 1. The number of amides is 1. The van der Waals surface area contributed by atoms with Crippen molar-refractivity contribution in [1.29, 1.82) is 0 Å². The molecule has 1 saturated carbocycles. The number of anilines is 1. The van der Waals surface area contributed by atoms with Gasteiger partial charge in [0.15, 0.2) is 0 Å². The summed E-state index contributed by atoms with van der Waals surface area (Å²) in [5.41, 5.74) is 7.34. The van der Waals surface area contributed by atoms with Crippen molar-refractivity contribution in [2.45, 2.75) is 32.6 Å². The number of rotatable bonds is 4. The molecule has 0 unspecified atom stereocenters. The molecule has 0 saturated heterocycles. The molecular formula is C16H22N2O3. The van der Waals surface area contributed by atoms with Crippen LogP contribution in [0.3, 0.4) is 0 Å². The van der Waals surface area contributed by atoms with E-state index < -0.39 is 5.97 Å². The van der Waals surface area contributed by atoms with E-state index >= 15 is 0 Å². The van der Waals surface area contributed by atoms with Crippen molar-refractivity contribution in [2.75, 3.05) is 11.9 Å². The summed E-state index contributed by atoms with van der Waals surface area (Å²) >= 11 is 0. The number of nitrogens with one attached hydrogen (secondary N) is 1. The van der Waals surface area contributed by atoms with Gasteiger partial charge in [0.25, 0.3) is 0 Å². The first-order valence-corrected chi connectivity index (χ1v) is 7.36.